The summed E-state index contributed by atoms with van der Waals surface area (Å²) in [6.07, 6.45) is 0.332. The van der Waals surface area contributed by atoms with Gasteiger partial charge in [0, 0.05) is 43.7 Å². The first-order valence-corrected chi connectivity index (χ1v) is 10.2. The van der Waals surface area contributed by atoms with Gasteiger partial charge in [0.25, 0.3) is 0 Å². The van der Waals surface area contributed by atoms with Gasteiger partial charge in [-0.1, -0.05) is 23.8 Å². The Morgan fingerprint density at radius 2 is 2.00 bits per heavy atom. The van der Waals surface area contributed by atoms with Crippen LogP contribution >= 0.6 is 11.3 Å². The van der Waals surface area contributed by atoms with Crippen molar-refractivity contribution in [3.05, 3.63) is 40.9 Å². The van der Waals surface area contributed by atoms with Gasteiger partial charge in [0.05, 0.1) is 18.7 Å². The molecule has 1 fully saturated rings. The maximum Gasteiger partial charge on any atom is 0.234 e. The number of carbonyl (C=O) groups excluding carboxylic acids is 2. The Morgan fingerprint density at radius 1 is 1.22 bits per heavy atom. The third-order valence-electron chi connectivity index (χ3n) is 4.62. The Labute approximate surface area is 164 Å². The van der Waals surface area contributed by atoms with Crippen molar-refractivity contribution in [3.8, 4) is 10.6 Å². The molecule has 1 aromatic carbocycles. The van der Waals surface area contributed by atoms with E-state index in [9.17, 15) is 9.59 Å². The molecule has 1 N–H and O–H groups in total. The first-order chi connectivity index (χ1) is 13.0. The maximum atomic E-state index is 12.6. The molecule has 2 aromatic rings. The SMILES string of the molecule is CCNC(=O)CN1CCN(C(=O)Cc2csc(-c3cccc(C)c3)n2)CC1. The summed E-state index contributed by atoms with van der Waals surface area (Å²) in [6.45, 7) is 7.81. The molecule has 2 heterocycles. The summed E-state index contributed by atoms with van der Waals surface area (Å²) in [4.78, 5) is 32.9. The van der Waals surface area contributed by atoms with Gasteiger partial charge in [-0.3, -0.25) is 14.5 Å². The summed E-state index contributed by atoms with van der Waals surface area (Å²) in [5, 5.41) is 5.74. The van der Waals surface area contributed by atoms with E-state index < -0.39 is 0 Å². The Hall–Kier alpha value is -2.25. The van der Waals surface area contributed by atoms with E-state index in [0.717, 1.165) is 29.4 Å². The molecule has 0 atom stereocenters. The monoisotopic (exact) mass is 386 g/mol. The highest BCUT2D eigenvalue weighted by atomic mass is 32.1. The number of likely N-dealkylation sites (N-methyl/N-ethyl adjacent to an activating group) is 1. The molecule has 0 saturated carbocycles. The zero-order valence-electron chi connectivity index (χ0n) is 15.9. The predicted molar refractivity (Wildman–Crippen MR) is 108 cm³/mol. The van der Waals surface area contributed by atoms with Crippen LogP contribution in [0.2, 0.25) is 0 Å². The number of aryl methyl sites for hydroxylation is 1. The second kappa shape index (κ2) is 9.10. The second-order valence-corrected chi connectivity index (χ2v) is 7.66. The number of thiazole rings is 1. The lowest BCUT2D eigenvalue weighted by atomic mass is 10.1. The molecule has 3 rings (SSSR count). The van der Waals surface area contributed by atoms with Crippen LogP contribution in [0.5, 0.6) is 0 Å². The number of hydrogen-bond donors (Lipinski definition) is 1. The van der Waals surface area contributed by atoms with Crippen molar-refractivity contribution in [2.45, 2.75) is 20.3 Å². The van der Waals surface area contributed by atoms with Gasteiger partial charge in [-0.2, -0.15) is 0 Å². The van der Waals surface area contributed by atoms with Gasteiger partial charge in [-0.15, -0.1) is 11.3 Å². The fourth-order valence-electron chi connectivity index (χ4n) is 3.18. The third kappa shape index (κ3) is 5.37. The summed E-state index contributed by atoms with van der Waals surface area (Å²) in [6, 6.07) is 8.24. The largest absolute Gasteiger partial charge is 0.355 e. The van der Waals surface area contributed by atoms with Crippen molar-refractivity contribution in [1.82, 2.24) is 20.1 Å². The van der Waals surface area contributed by atoms with Crippen molar-refractivity contribution in [3.63, 3.8) is 0 Å². The molecule has 1 aliphatic rings. The fourth-order valence-corrected chi connectivity index (χ4v) is 3.99. The van der Waals surface area contributed by atoms with Gasteiger partial charge < -0.3 is 10.2 Å². The number of carbonyl (C=O) groups is 2. The molecule has 0 bridgehead atoms. The number of amides is 2. The number of aromatic nitrogens is 1. The minimum atomic E-state index is 0.0448. The Bertz CT molecular complexity index is 797. The molecule has 2 amide bonds. The van der Waals surface area contributed by atoms with Gasteiger partial charge in [0.1, 0.15) is 5.01 Å². The highest BCUT2D eigenvalue weighted by Crippen LogP contribution is 2.24. The van der Waals surface area contributed by atoms with Crippen LogP contribution in [0.3, 0.4) is 0 Å². The second-order valence-electron chi connectivity index (χ2n) is 6.80. The van der Waals surface area contributed by atoms with Crippen LogP contribution in [-0.2, 0) is 16.0 Å². The Balaban J connectivity index is 1.51. The van der Waals surface area contributed by atoms with E-state index in [2.05, 4.69) is 34.3 Å². The zero-order valence-corrected chi connectivity index (χ0v) is 16.7. The van der Waals surface area contributed by atoms with Crippen molar-refractivity contribution in [2.24, 2.45) is 0 Å². The van der Waals surface area contributed by atoms with Gasteiger partial charge in [0.15, 0.2) is 0 Å². The van der Waals surface area contributed by atoms with Crippen LogP contribution in [0.4, 0.5) is 0 Å². The molecule has 144 valence electrons. The lowest BCUT2D eigenvalue weighted by Gasteiger charge is -2.34. The molecule has 0 unspecified atom stereocenters. The van der Waals surface area contributed by atoms with Crippen LogP contribution in [0.1, 0.15) is 18.2 Å². The first kappa shape index (κ1) is 19.5. The van der Waals surface area contributed by atoms with E-state index in [1.807, 2.05) is 29.3 Å². The van der Waals surface area contributed by atoms with Crippen molar-refractivity contribution in [2.75, 3.05) is 39.3 Å². The number of benzene rings is 1. The number of nitrogens with one attached hydrogen (secondary N) is 1. The van der Waals surface area contributed by atoms with Gasteiger partial charge in [0.2, 0.25) is 11.8 Å². The van der Waals surface area contributed by atoms with Gasteiger partial charge in [-0.25, -0.2) is 4.98 Å². The first-order valence-electron chi connectivity index (χ1n) is 9.33. The molecule has 7 heteroatoms. The predicted octanol–water partition coefficient (Wildman–Crippen LogP) is 1.94. The molecule has 1 aliphatic heterocycles. The van der Waals surface area contributed by atoms with Crippen LogP contribution in [-0.4, -0.2) is 65.9 Å². The van der Waals surface area contributed by atoms with Crippen LogP contribution in [0.25, 0.3) is 10.6 Å². The van der Waals surface area contributed by atoms with E-state index in [1.54, 1.807) is 11.3 Å². The summed E-state index contributed by atoms with van der Waals surface area (Å²) in [5.41, 5.74) is 3.12. The Morgan fingerprint density at radius 3 is 2.70 bits per heavy atom. The standard InChI is InChI=1S/C20H26N4O2S/c1-3-21-18(25)13-23-7-9-24(10-8-23)19(26)12-17-14-27-20(22-17)16-6-4-5-15(2)11-16/h4-6,11,14H,3,7-10,12-13H2,1-2H3,(H,21,25). The van der Waals surface area contributed by atoms with Crippen molar-refractivity contribution < 1.29 is 9.59 Å². The van der Waals surface area contributed by atoms with E-state index in [0.29, 0.717) is 32.6 Å². The number of rotatable bonds is 6. The zero-order chi connectivity index (χ0) is 19.2. The van der Waals surface area contributed by atoms with Crippen molar-refractivity contribution in [1.29, 1.82) is 0 Å². The molecule has 27 heavy (non-hydrogen) atoms. The summed E-state index contributed by atoms with van der Waals surface area (Å²) in [5.74, 6) is 0.150. The number of piperazine rings is 1. The quantitative estimate of drug-likeness (QED) is 0.824. The third-order valence-corrected chi connectivity index (χ3v) is 5.56. The van der Waals surface area contributed by atoms with E-state index in [4.69, 9.17) is 0 Å². The number of nitrogens with zero attached hydrogens (tertiary/aromatic N) is 3. The van der Waals surface area contributed by atoms with E-state index in [-0.39, 0.29) is 11.8 Å². The minimum absolute atomic E-state index is 0.0448. The summed E-state index contributed by atoms with van der Waals surface area (Å²) < 4.78 is 0. The molecular formula is C20H26N4O2S. The van der Waals surface area contributed by atoms with E-state index >= 15 is 0 Å². The molecule has 1 saturated heterocycles. The number of hydrogen-bond acceptors (Lipinski definition) is 5. The van der Waals surface area contributed by atoms with Crippen LogP contribution < -0.4 is 5.32 Å². The minimum Gasteiger partial charge on any atom is -0.355 e. The molecule has 0 spiro atoms. The highest BCUT2D eigenvalue weighted by Gasteiger charge is 2.23. The topological polar surface area (TPSA) is 65.5 Å². The smallest absolute Gasteiger partial charge is 0.234 e. The lowest BCUT2D eigenvalue weighted by molar-refractivity contribution is -0.132. The molecule has 6 nitrogen and oxygen atoms in total. The summed E-state index contributed by atoms with van der Waals surface area (Å²) in [7, 11) is 0. The van der Waals surface area contributed by atoms with Crippen molar-refractivity contribution >= 4 is 23.2 Å². The summed E-state index contributed by atoms with van der Waals surface area (Å²) >= 11 is 1.58. The highest BCUT2D eigenvalue weighted by molar-refractivity contribution is 7.13. The van der Waals surface area contributed by atoms with Gasteiger partial charge in [-0.05, 0) is 19.9 Å². The Kier molecular flexibility index (Phi) is 6.58. The van der Waals surface area contributed by atoms with Crippen LogP contribution in [0, 0.1) is 6.92 Å². The lowest BCUT2D eigenvalue weighted by Crippen LogP contribution is -2.51. The molecule has 0 radical (unpaired) electrons. The normalized spacial score (nSPS) is 15.0. The van der Waals surface area contributed by atoms with Gasteiger partial charge >= 0.3 is 0 Å². The molecule has 1 aromatic heterocycles. The van der Waals surface area contributed by atoms with E-state index in [1.165, 1.54) is 5.56 Å². The fraction of sp³-hybridized carbons (Fsp3) is 0.450. The van der Waals surface area contributed by atoms with Crippen LogP contribution in [0.15, 0.2) is 29.6 Å². The molecular weight excluding hydrogens is 360 g/mol. The average Bonchev–Trinajstić information content (AvgIpc) is 3.11. The average molecular weight is 387 g/mol. The molecule has 0 aliphatic carbocycles. The maximum absolute atomic E-state index is 12.6.